The molecule has 2 rings (SSSR count). The third kappa shape index (κ3) is 1.64. The van der Waals surface area contributed by atoms with Gasteiger partial charge in [-0.3, -0.25) is 0 Å². The molecule has 4 atom stereocenters. The lowest BCUT2D eigenvalue weighted by atomic mass is 9.71. The Hall–Kier alpha value is 0.310. The normalized spacial score (nSPS) is 47.5. The highest BCUT2D eigenvalue weighted by atomic mass is 32.2. The number of nitrogens with one attached hydrogen (secondary N) is 1. The first-order valence-electron chi connectivity index (χ1n) is 5.11. The summed E-state index contributed by atoms with van der Waals surface area (Å²) >= 11 is 2.10. The molecule has 1 nitrogen and oxygen atoms in total. The van der Waals surface area contributed by atoms with Crippen molar-refractivity contribution in [1.82, 2.24) is 5.32 Å². The summed E-state index contributed by atoms with van der Waals surface area (Å²) in [6.45, 7) is 4.75. The standard InChI is InChI=1S/C10H19NS/c1-7-5-10(8(7)2)11-9-3-4-12-6-9/h7-11H,3-6H2,1-2H3. The van der Waals surface area contributed by atoms with Gasteiger partial charge in [-0.2, -0.15) is 11.8 Å². The lowest BCUT2D eigenvalue weighted by molar-refractivity contribution is 0.128. The molecule has 2 fully saturated rings. The van der Waals surface area contributed by atoms with E-state index in [0.717, 1.165) is 23.9 Å². The largest absolute Gasteiger partial charge is 0.310 e. The van der Waals surface area contributed by atoms with Crippen molar-refractivity contribution in [1.29, 1.82) is 0 Å². The van der Waals surface area contributed by atoms with E-state index in [2.05, 4.69) is 30.9 Å². The minimum atomic E-state index is 0.829. The summed E-state index contributed by atoms with van der Waals surface area (Å²) in [5, 5.41) is 3.77. The molecule has 1 aliphatic heterocycles. The van der Waals surface area contributed by atoms with Gasteiger partial charge in [0.1, 0.15) is 0 Å². The van der Waals surface area contributed by atoms with E-state index in [1.165, 1.54) is 24.3 Å². The van der Waals surface area contributed by atoms with Crippen molar-refractivity contribution in [2.24, 2.45) is 11.8 Å². The molecule has 2 aliphatic rings. The van der Waals surface area contributed by atoms with Crippen LogP contribution in [0.25, 0.3) is 0 Å². The third-order valence-corrected chi connectivity index (χ3v) is 4.70. The van der Waals surface area contributed by atoms with Gasteiger partial charge in [-0.1, -0.05) is 13.8 Å². The highest BCUT2D eigenvalue weighted by Crippen LogP contribution is 2.34. The predicted molar refractivity (Wildman–Crippen MR) is 55.6 cm³/mol. The molecule has 1 saturated heterocycles. The highest BCUT2D eigenvalue weighted by Gasteiger charge is 2.35. The summed E-state index contributed by atoms with van der Waals surface area (Å²) in [6, 6.07) is 1.67. The molecular weight excluding hydrogens is 166 g/mol. The zero-order valence-electron chi connectivity index (χ0n) is 8.05. The number of thioether (sulfide) groups is 1. The van der Waals surface area contributed by atoms with Crippen LogP contribution in [0.3, 0.4) is 0 Å². The molecule has 70 valence electrons. The maximum Gasteiger partial charge on any atom is 0.0168 e. The van der Waals surface area contributed by atoms with Gasteiger partial charge in [-0.05, 0) is 30.4 Å². The van der Waals surface area contributed by atoms with Crippen LogP contribution in [0, 0.1) is 11.8 Å². The van der Waals surface area contributed by atoms with Crippen molar-refractivity contribution in [2.45, 2.75) is 38.8 Å². The van der Waals surface area contributed by atoms with Gasteiger partial charge in [-0.25, -0.2) is 0 Å². The number of rotatable bonds is 2. The summed E-state index contributed by atoms with van der Waals surface area (Å²) in [7, 11) is 0. The molecule has 0 aromatic heterocycles. The van der Waals surface area contributed by atoms with E-state index in [4.69, 9.17) is 0 Å². The Morgan fingerprint density at radius 2 is 2.17 bits per heavy atom. The van der Waals surface area contributed by atoms with E-state index in [0.29, 0.717) is 0 Å². The van der Waals surface area contributed by atoms with E-state index < -0.39 is 0 Å². The van der Waals surface area contributed by atoms with Crippen molar-refractivity contribution >= 4 is 11.8 Å². The van der Waals surface area contributed by atoms with Crippen LogP contribution in [-0.2, 0) is 0 Å². The molecule has 1 aliphatic carbocycles. The number of hydrogen-bond acceptors (Lipinski definition) is 2. The summed E-state index contributed by atoms with van der Waals surface area (Å²) in [6.07, 6.45) is 2.80. The van der Waals surface area contributed by atoms with Gasteiger partial charge in [0, 0.05) is 17.8 Å². The Labute approximate surface area is 79.7 Å². The number of hydrogen-bond donors (Lipinski definition) is 1. The van der Waals surface area contributed by atoms with Crippen LogP contribution in [0.5, 0.6) is 0 Å². The van der Waals surface area contributed by atoms with Crippen LogP contribution >= 0.6 is 11.8 Å². The Morgan fingerprint density at radius 1 is 1.33 bits per heavy atom. The minimum absolute atomic E-state index is 0.829. The second-order valence-electron chi connectivity index (χ2n) is 4.41. The highest BCUT2D eigenvalue weighted by molar-refractivity contribution is 7.99. The van der Waals surface area contributed by atoms with Crippen LogP contribution in [-0.4, -0.2) is 23.6 Å². The minimum Gasteiger partial charge on any atom is -0.310 e. The fraction of sp³-hybridized carbons (Fsp3) is 1.00. The first kappa shape index (κ1) is 8.89. The molecular formula is C10H19NS. The first-order chi connectivity index (χ1) is 5.77. The molecule has 1 saturated carbocycles. The van der Waals surface area contributed by atoms with Crippen LogP contribution < -0.4 is 5.32 Å². The maximum absolute atomic E-state index is 3.77. The molecule has 0 aromatic carbocycles. The SMILES string of the molecule is CC1CC(NC2CCSC2)C1C. The van der Waals surface area contributed by atoms with Gasteiger partial charge >= 0.3 is 0 Å². The first-order valence-corrected chi connectivity index (χ1v) is 6.26. The summed E-state index contributed by atoms with van der Waals surface area (Å²) in [5.74, 6) is 4.58. The van der Waals surface area contributed by atoms with Crippen molar-refractivity contribution in [3.05, 3.63) is 0 Å². The molecule has 1 heterocycles. The van der Waals surface area contributed by atoms with Gasteiger partial charge in [0.25, 0.3) is 0 Å². The van der Waals surface area contributed by atoms with Crippen molar-refractivity contribution in [3.63, 3.8) is 0 Å². The van der Waals surface area contributed by atoms with Gasteiger partial charge in [0.2, 0.25) is 0 Å². The van der Waals surface area contributed by atoms with E-state index >= 15 is 0 Å². The fourth-order valence-corrected chi connectivity index (χ4v) is 3.38. The molecule has 0 spiro atoms. The predicted octanol–water partition coefficient (Wildman–Crippen LogP) is 2.13. The molecule has 0 aromatic rings. The zero-order chi connectivity index (χ0) is 8.55. The van der Waals surface area contributed by atoms with Crippen LogP contribution in [0.4, 0.5) is 0 Å². The molecule has 0 amide bonds. The summed E-state index contributed by atoms with van der Waals surface area (Å²) < 4.78 is 0. The lowest BCUT2D eigenvalue weighted by Gasteiger charge is -2.42. The quantitative estimate of drug-likeness (QED) is 0.707. The molecule has 4 unspecified atom stereocenters. The van der Waals surface area contributed by atoms with Gasteiger partial charge in [-0.15, -0.1) is 0 Å². The molecule has 12 heavy (non-hydrogen) atoms. The Bertz CT molecular complexity index is 154. The summed E-state index contributed by atoms with van der Waals surface area (Å²) in [4.78, 5) is 0. The smallest absolute Gasteiger partial charge is 0.0168 e. The second-order valence-corrected chi connectivity index (χ2v) is 5.56. The van der Waals surface area contributed by atoms with Crippen LogP contribution in [0.1, 0.15) is 26.7 Å². The van der Waals surface area contributed by atoms with Crippen molar-refractivity contribution in [2.75, 3.05) is 11.5 Å². The maximum atomic E-state index is 3.77. The van der Waals surface area contributed by atoms with E-state index in [1.807, 2.05) is 0 Å². The molecule has 0 bridgehead atoms. The van der Waals surface area contributed by atoms with Crippen molar-refractivity contribution < 1.29 is 0 Å². The Balaban J connectivity index is 1.73. The molecule has 0 radical (unpaired) electrons. The van der Waals surface area contributed by atoms with Gasteiger partial charge in [0.15, 0.2) is 0 Å². The van der Waals surface area contributed by atoms with E-state index in [9.17, 15) is 0 Å². The van der Waals surface area contributed by atoms with E-state index in [-0.39, 0.29) is 0 Å². The monoisotopic (exact) mass is 185 g/mol. The lowest BCUT2D eigenvalue weighted by Crippen LogP contribution is -2.51. The second kappa shape index (κ2) is 3.59. The Kier molecular flexibility index (Phi) is 2.66. The summed E-state index contributed by atoms with van der Waals surface area (Å²) in [5.41, 5.74) is 0. The topological polar surface area (TPSA) is 12.0 Å². The van der Waals surface area contributed by atoms with Gasteiger partial charge in [0.05, 0.1) is 0 Å². The van der Waals surface area contributed by atoms with E-state index in [1.54, 1.807) is 0 Å². The average molecular weight is 185 g/mol. The fourth-order valence-electron chi connectivity index (χ4n) is 2.22. The van der Waals surface area contributed by atoms with Crippen molar-refractivity contribution in [3.8, 4) is 0 Å². The molecule has 2 heteroatoms. The van der Waals surface area contributed by atoms with Gasteiger partial charge < -0.3 is 5.32 Å². The average Bonchev–Trinajstić information content (AvgIpc) is 2.56. The molecule has 1 N–H and O–H groups in total. The zero-order valence-corrected chi connectivity index (χ0v) is 8.86. The van der Waals surface area contributed by atoms with Crippen LogP contribution in [0.2, 0.25) is 0 Å². The Morgan fingerprint density at radius 3 is 2.67 bits per heavy atom. The third-order valence-electron chi connectivity index (χ3n) is 3.54. The van der Waals surface area contributed by atoms with Crippen LogP contribution in [0.15, 0.2) is 0 Å².